The highest BCUT2D eigenvalue weighted by atomic mass is 16.5. The minimum atomic E-state index is -0.236. The Morgan fingerprint density at radius 2 is 2.14 bits per heavy atom. The number of rotatable bonds is 4. The standard InChI is InChI=1S/C10H15NO3/c1-4-14-6-8(3)11-9(12)5-7(2)10(11)13/h5,8H,4,6H2,1-3H3. The van der Waals surface area contributed by atoms with Crippen molar-refractivity contribution in [3.63, 3.8) is 0 Å². The molecular formula is C10H15NO3. The van der Waals surface area contributed by atoms with Crippen LogP contribution < -0.4 is 0 Å². The molecule has 14 heavy (non-hydrogen) atoms. The van der Waals surface area contributed by atoms with Crippen LogP contribution in [0.25, 0.3) is 0 Å². The van der Waals surface area contributed by atoms with Gasteiger partial charge in [-0.3, -0.25) is 14.5 Å². The predicted octanol–water partition coefficient (Wildman–Crippen LogP) is 0.727. The van der Waals surface area contributed by atoms with Gasteiger partial charge in [0.1, 0.15) is 0 Å². The van der Waals surface area contributed by atoms with Gasteiger partial charge in [0.15, 0.2) is 0 Å². The number of hydrogen-bond acceptors (Lipinski definition) is 3. The molecule has 0 spiro atoms. The lowest BCUT2D eigenvalue weighted by atomic mass is 10.3. The fourth-order valence-corrected chi connectivity index (χ4v) is 1.39. The fourth-order valence-electron chi connectivity index (χ4n) is 1.39. The molecule has 0 fully saturated rings. The quantitative estimate of drug-likeness (QED) is 0.624. The van der Waals surface area contributed by atoms with Gasteiger partial charge in [0.25, 0.3) is 11.8 Å². The van der Waals surface area contributed by atoms with Crippen molar-refractivity contribution in [2.75, 3.05) is 13.2 Å². The zero-order chi connectivity index (χ0) is 10.7. The molecule has 78 valence electrons. The molecule has 0 saturated heterocycles. The zero-order valence-electron chi connectivity index (χ0n) is 8.74. The first-order valence-corrected chi connectivity index (χ1v) is 4.71. The molecule has 0 aromatic carbocycles. The van der Waals surface area contributed by atoms with Crippen LogP contribution in [0.1, 0.15) is 20.8 Å². The summed E-state index contributed by atoms with van der Waals surface area (Å²) in [5, 5.41) is 0. The van der Waals surface area contributed by atoms with E-state index in [1.54, 1.807) is 13.8 Å². The number of carbonyl (C=O) groups is 2. The highest BCUT2D eigenvalue weighted by Gasteiger charge is 2.32. The molecule has 1 heterocycles. The Bertz CT molecular complexity index is 283. The van der Waals surface area contributed by atoms with Crippen LogP contribution in [-0.4, -0.2) is 36.0 Å². The Balaban J connectivity index is 2.62. The fraction of sp³-hybridized carbons (Fsp3) is 0.600. The van der Waals surface area contributed by atoms with Crippen molar-refractivity contribution in [1.29, 1.82) is 0 Å². The van der Waals surface area contributed by atoms with Crippen molar-refractivity contribution < 1.29 is 14.3 Å². The van der Waals surface area contributed by atoms with E-state index in [1.165, 1.54) is 11.0 Å². The van der Waals surface area contributed by atoms with E-state index in [4.69, 9.17) is 4.74 Å². The molecule has 1 aliphatic heterocycles. The van der Waals surface area contributed by atoms with Gasteiger partial charge >= 0.3 is 0 Å². The minimum Gasteiger partial charge on any atom is -0.380 e. The second kappa shape index (κ2) is 4.37. The molecule has 0 saturated carbocycles. The van der Waals surface area contributed by atoms with Crippen LogP contribution in [0.5, 0.6) is 0 Å². The van der Waals surface area contributed by atoms with Crippen molar-refractivity contribution in [2.45, 2.75) is 26.8 Å². The predicted molar refractivity (Wildman–Crippen MR) is 51.6 cm³/mol. The summed E-state index contributed by atoms with van der Waals surface area (Å²) in [7, 11) is 0. The molecular weight excluding hydrogens is 182 g/mol. The number of carbonyl (C=O) groups excluding carboxylic acids is 2. The second-order valence-corrected chi connectivity index (χ2v) is 3.35. The Morgan fingerprint density at radius 1 is 1.50 bits per heavy atom. The second-order valence-electron chi connectivity index (χ2n) is 3.35. The third-order valence-electron chi connectivity index (χ3n) is 2.14. The van der Waals surface area contributed by atoms with Gasteiger partial charge in [0, 0.05) is 18.3 Å². The summed E-state index contributed by atoms with van der Waals surface area (Å²) in [6, 6.07) is -0.191. The van der Waals surface area contributed by atoms with Crippen LogP contribution in [0.3, 0.4) is 0 Å². The molecule has 4 nitrogen and oxygen atoms in total. The van der Waals surface area contributed by atoms with Crippen LogP contribution in [0.4, 0.5) is 0 Å². The number of ether oxygens (including phenoxy) is 1. The van der Waals surface area contributed by atoms with Gasteiger partial charge < -0.3 is 4.74 Å². The molecule has 0 aromatic rings. The highest BCUT2D eigenvalue weighted by molar-refractivity contribution is 6.16. The zero-order valence-corrected chi connectivity index (χ0v) is 8.74. The summed E-state index contributed by atoms with van der Waals surface area (Å²) < 4.78 is 5.17. The van der Waals surface area contributed by atoms with Crippen LogP contribution in [0.2, 0.25) is 0 Å². The number of imide groups is 1. The largest absolute Gasteiger partial charge is 0.380 e. The van der Waals surface area contributed by atoms with Crippen molar-refractivity contribution >= 4 is 11.8 Å². The van der Waals surface area contributed by atoms with Crippen molar-refractivity contribution in [2.24, 2.45) is 0 Å². The van der Waals surface area contributed by atoms with E-state index in [1.807, 2.05) is 6.92 Å². The lowest BCUT2D eigenvalue weighted by Gasteiger charge is -2.22. The average Bonchev–Trinajstić information content (AvgIpc) is 2.38. The third-order valence-corrected chi connectivity index (χ3v) is 2.14. The minimum absolute atomic E-state index is 0.191. The first-order chi connectivity index (χ1) is 6.57. The van der Waals surface area contributed by atoms with E-state index in [0.717, 1.165) is 0 Å². The molecule has 1 aliphatic rings. The molecule has 4 heteroatoms. The lowest BCUT2D eigenvalue weighted by molar-refractivity contribution is -0.140. The van der Waals surface area contributed by atoms with Gasteiger partial charge in [-0.1, -0.05) is 0 Å². The number of nitrogens with zero attached hydrogens (tertiary/aromatic N) is 1. The summed E-state index contributed by atoms with van der Waals surface area (Å²) in [6.45, 7) is 6.32. The average molecular weight is 197 g/mol. The summed E-state index contributed by atoms with van der Waals surface area (Å²) in [4.78, 5) is 24.1. The molecule has 0 aromatic heterocycles. The van der Waals surface area contributed by atoms with E-state index in [9.17, 15) is 9.59 Å². The SMILES string of the molecule is CCOCC(C)N1C(=O)C=C(C)C1=O. The lowest BCUT2D eigenvalue weighted by Crippen LogP contribution is -2.41. The van der Waals surface area contributed by atoms with Gasteiger partial charge in [-0.2, -0.15) is 0 Å². The van der Waals surface area contributed by atoms with Gasteiger partial charge in [-0.25, -0.2) is 0 Å². The number of amides is 2. The summed E-state index contributed by atoms with van der Waals surface area (Å²) in [6.07, 6.45) is 1.37. The molecule has 1 rings (SSSR count). The van der Waals surface area contributed by atoms with Gasteiger partial charge in [0.2, 0.25) is 0 Å². The topological polar surface area (TPSA) is 46.6 Å². The van der Waals surface area contributed by atoms with Crippen molar-refractivity contribution in [1.82, 2.24) is 4.90 Å². The van der Waals surface area contributed by atoms with E-state index >= 15 is 0 Å². The van der Waals surface area contributed by atoms with E-state index in [-0.39, 0.29) is 17.9 Å². The Kier molecular flexibility index (Phi) is 3.41. The van der Waals surface area contributed by atoms with Crippen LogP contribution in [-0.2, 0) is 14.3 Å². The maximum Gasteiger partial charge on any atom is 0.256 e. The van der Waals surface area contributed by atoms with Crippen molar-refractivity contribution in [3.8, 4) is 0 Å². The van der Waals surface area contributed by atoms with Crippen LogP contribution in [0.15, 0.2) is 11.6 Å². The first kappa shape index (κ1) is 10.9. The van der Waals surface area contributed by atoms with Crippen LogP contribution >= 0.6 is 0 Å². The Hall–Kier alpha value is -1.16. The summed E-state index contributed by atoms with van der Waals surface area (Å²) in [5.41, 5.74) is 0.498. The van der Waals surface area contributed by atoms with Crippen molar-refractivity contribution in [3.05, 3.63) is 11.6 Å². The smallest absolute Gasteiger partial charge is 0.256 e. The molecule has 0 aliphatic carbocycles. The Morgan fingerprint density at radius 3 is 2.57 bits per heavy atom. The monoisotopic (exact) mass is 197 g/mol. The van der Waals surface area contributed by atoms with E-state index in [2.05, 4.69) is 0 Å². The van der Waals surface area contributed by atoms with E-state index in [0.29, 0.717) is 18.8 Å². The van der Waals surface area contributed by atoms with Crippen LogP contribution in [0, 0.1) is 0 Å². The van der Waals surface area contributed by atoms with E-state index < -0.39 is 0 Å². The Labute approximate surface area is 83.5 Å². The first-order valence-electron chi connectivity index (χ1n) is 4.71. The third kappa shape index (κ3) is 2.01. The molecule has 1 atom stereocenters. The molecule has 0 radical (unpaired) electrons. The molecule has 0 N–H and O–H groups in total. The molecule has 2 amide bonds. The van der Waals surface area contributed by atoms with Gasteiger partial charge in [-0.15, -0.1) is 0 Å². The highest BCUT2D eigenvalue weighted by Crippen LogP contribution is 2.15. The summed E-state index contributed by atoms with van der Waals surface area (Å²) in [5.74, 6) is -0.443. The maximum atomic E-state index is 11.5. The summed E-state index contributed by atoms with van der Waals surface area (Å²) >= 11 is 0. The van der Waals surface area contributed by atoms with Gasteiger partial charge in [0.05, 0.1) is 12.6 Å². The number of hydrogen-bond donors (Lipinski definition) is 0. The normalized spacial score (nSPS) is 18.8. The molecule has 0 bridgehead atoms. The van der Waals surface area contributed by atoms with Gasteiger partial charge in [-0.05, 0) is 20.8 Å². The maximum absolute atomic E-state index is 11.5. The molecule has 1 unspecified atom stereocenters.